The average molecular weight is 377 g/mol. The second-order valence-electron chi connectivity index (χ2n) is 7.46. The molecule has 0 radical (unpaired) electrons. The number of ether oxygens (including phenoxy) is 2. The molecular weight excluding hydrogens is 350 g/mol. The van der Waals surface area contributed by atoms with Crippen molar-refractivity contribution in [3.8, 4) is 5.75 Å². The Morgan fingerprint density at radius 2 is 1.81 bits per heavy atom. The van der Waals surface area contributed by atoms with Crippen molar-refractivity contribution in [2.45, 2.75) is 52.2 Å². The van der Waals surface area contributed by atoms with Gasteiger partial charge in [-0.15, -0.1) is 0 Å². The quantitative estimate of drug-likeness (QED) is 0.623. The number of carbonyl (C=O) groups is 3. The summed E-state index contributed by atoms with van der Waals surface area (Å²) in [5.74, 6) is -0.0562. The molecule has 0 saturated carbocycles. The van der Waals surface area contributed by atoms with Crippen LogP contribution in [0, 0.1) is 0 Å². The van der Waals surface area contributed by atoms with Crippen molar-refractivity contribution in [3.05, 3.63) is 24.3 Å². The molecule has 1 heterocycles. The summed E-state index contributed by atoms with van der Waals surface area (Å²) in [4.78, 5) is 36.9. The van der Waals surface area contributed by atoms with Crippen molar-refractivity contribution in [3.63, 3.8) is 0 Å². The number of amides is 3. The van der Waals surface area contributed by atoms with Crippen LogP contribution in [0.5, 0.6) is 5.75 Å². The predicted molar refractivity (Wildman–Crippen MR) is 101 cm³/mol. The summed E-state index contributed by atoms with van der Waals surface area (Å²) in [6.07, 6.45) is 0.980. The minimum Gasteiger partial charge on any atom is -0.444 e. The van der Waals surface area contributed by atoms with Gasteiger partial charge in [0.05, 0.1) is 0 Å². The number of anilines is 1. The highest BCUT2D eigenvalue weighted by Gasteiger charge is 2.27. The number of hydrogen-bond donors (Lipinski definition) is 2. The van der Waals surface area contributed by atoms with Crippen molar-refractivity contribution < 1.29 is 23.9 Å². The summed E-state index contributed by atoms with van der Waals surface area (Å²) in [5, 5.41) is 5.62. The fraction of sp³-hybridized carbons (Fsp3) is 0.526. The number of urea groups is 1. The van der Waals surface area contributed by atoms with Gasteiger partial charge in [0.15, 0.2) is 0 Å². The van der Waals surface area contributed by atoms with Crippen LogP contribution >= 0.6 is 0 Å². The molecule has 2 N–H and O–H groups in total. The molecule has 0 unspecified atom stereocenters. The molecule has 3 amide bonds. The standard InChI is InChI=1S/C19H27N3O5/c1-13(23)26-16-7-5-6-15(12-16)21-17(24)20-14-8-10-22(11-9-14)18(25)27-19(2,3)4/h5-7,12,14H,8-11H2,1-4H3,(H2,20,21,24). The SMILES string of the molecule is CC(=O)Oc1cccc(NC(=O)NC2CCN(C(=O)OC(C)(C)C)CC2)c1. The lowest BCUT2D eigenvalue weighted by atomic mass is 10.1. The molecular formula is C19H27N3O5. The fourth-order valence-corrected chi connectivity index (χ4v) is 2.69. The third kappa shape index (κ3) is 7.16. The number of esters is 1. The van der Waals surface area contributed by atoms with Gasteiger partial charge in [0.25, 0.3) is 0 Å². The molecule has 0 spiro atoms. The molecule has 1 fully saturated rings. The third-order valence-corrected chi connectivity index (χ3v) is 3.84. The molecule has 0 bridgehead atoms. The van der Waals surface area contributed by atoms with Gasteiger partial charge in [0.2, 0.25) is 0 Å². The van der Waals surface area contributed by atoms with E-state index in [1.54, 1.807) is 29.2 Å². The highest BCUT2D eigenvalue weighted by molar-refractivity contribution is 5.89. The lowest BCUT2D eigenvalue weighted by molar-refractivity contribution is -0.131. The number of benzene rings is 1. The first-order valence-electron chi connectivity index (χ1n) is 8.96. The van der Waals surface area contributed by atoms with E-state index in [-0.39, 0.29) is 18.2 Å². The van der Waals surface area contributed by atoms with Gasteiger partial charge in [-0.05, 0) is 45.7 Å². The van der Waals surface area contributed by atoms with Gasteiger partial charge >= 0.3 is 18.1 Å². The first-order chi connectivity index (χ1) is 12.6. The molecule has 1 saturated heterocycles. The molecule has 8 heteroatoms. The fourth-order valence-electron chi connectivity index (χ4n) is 2.69. The van der Waals surface area contributed by atoms with Gasteiger partial charge in [-0.2, -0.15) is 0 Å². The Morgan fingerprint density at radius 3 is 2.41 bits per heavy atom. The maximum Gasteiger partial charge on any atom is 0.410 e. The smallest absolute Gasteiger partial charge is 0.410 e. The van der Waals surface area contributed by atoms with Crippen LogP contribution in [0.15, 0.2) is 24.3 Å². The Hall–Kier alpha value is -2.77. The van der Waals surface area contributed by atoms with Gasteiger partial charge in [-0.25, -0.2) is 9.59 Å². The predicted octanol–water partition coefficient (Wildman–Crippen LogP) is 3.13. The summed E-state index contributed by atoms with van der Waals surface area (Å²) in [7, 11) is 0. The van der Waals surface area contributed by atoms with Gasteiger partial charge < -0.3 is 25.0 Å². The number of hydrogen-bond acceptors (Lipinski definition) is 5. The molecule has 1 aromatic rings. The Bertz CT molecular complexity index is 691. The third-order valence-electron chi connectivity index (χ3n) is 3.84. The van der Waals surface area contributed by atoms with E-state index in [0.717, 1.165) is 0 Å². The van der Waals surface area contributed by atoms with Crippen LogP contribution in [-0.2, 0) is 9.53 Å². The summed E-state index contributed by atoms with van der Waals surface area (Å²) < 4.78 is 10.4. The Morgan fingerprint density at radius 1 is 1.15 bits per heavy atom. The molecule has 8 nitrogen and oxygen atoms in total. The van der Waals surface area contributed by atoms with E-state index in [0.29, 0.717) is 37.4 Å². The maximum atomic E-state index is 12.2. The zero-order valence-corrected chi connectivity index (χ0v) is 16.2. The lowest BCUT2D eigenvalue weighted by Gasteiger charge is -2.33. The van der Waals surface area contributed by atoms with E-state index in [1.165, 1.54) is 6.92 Å². The molecule has 148 valence electrons. The molecule has 2 rings (SSSR count). The minimum absolute atomic E-state index is 0.0275. The number of likely N-dealkylation sites (tertiary alicyclic amines) is 1. The summed E-state index contributed by atoms with van der Waals surface area (Å²) in [6, 6.07) is 6.24. The monoisotopic (exact) mass is 377 g/mol. The number of carbonyl (C=O) groups excluding carboxylic acids is 3. The van der Waals surface area contributed by atoms with Gasteiger partial charge in [0.1, 0.15) is 11.4 Å². The normalized spacial score (nSPS) is 15.0. The zero-order chi connectivity index (χ0) is 20.0. The van der Waals surface area contributed by atoms with E-state index in [4.69, 9.17) is 9.47 Å². The van der Waals surface area contributed by atoms with E-state index in [1.807, 2.05) is 20.8 Å². The van der Waals surface area contributed by atoms with Crippen LogP contribution in [0.3, 0.4) is 0 Å². The van der Waals surface area contributed by atoms with Crippen molar-refractivity contribution >= 4 is 23.8 Å². The number of piperidine rings is 1. The van der Waals surface area contributed by atoms with Gasteiger partial charge in [-0.1, -0.05) is 6.07 Å². The van der Waals surface area contributed by atoms with Gasteiger partial charge in [-0.3, -0.25) is 4.79 Å². The van der Waals surface area contributed by atoms with Crippen molar-refractivity contribution in [2.75, 3.05) is 18.4 Å². The molecule has 0 atom stereocenters. The minimum atomic E-state index is -0.521. The van der Waals surface area contributed by atoms with Crippen LogP contribution in [0.1, 0.15) is 40.5 Å². The second kappa shape index (κ2) is 8.75. The molecule has 0 aromatic heterocycles. The highest BCUT2D eigenvalue weighted by atomic mass is 16.6. The zero-order valence-electron chi connectivity index (χ0n) is 16.2. The van der Waals surface area contributed by atoms with Crippen LogP contribution in [0.25, 0.3) is 0 Å². The number of nitrogens with one attached hydrogen (secondary N) is 2. The van der Waals surface area contributed by atoms with Crippen molar-refractivity contribution in [2.24, 2.45) is 0 Å². The van der Waals surface area contributed by atoms with Crippen molar-refractivity contribution in [1.29, 1.82) is 0 Å². The molecule has 1 aliphatic rings. The van der Waals surface area contributed by atoms with E-state index in [2.05, 4.69) is 10.6 Å². The average Bonchev–Trinajstić information content (AvgIpc) is 2.53. The van der Waals surface area contributed by atoms with E-state index >= 15 is 0 Å². The van der Waals surface area contributed by atoms with Crippen LogP contribution in [-0.4, -0.2) is 47.7 Å². The Labute approximate surface area is 159 Å². The lowest BCUT2D eigenvalue weighted by Crippen LogP contribution is -2.48. The second-order valence-corrected chi connectivity index (χ2v) is 7.46. The van der Waals surface area contributed by atoms with Crippen LogP contribution in [0.2, 0.25) is 0 Å². The summed E-state index contributed by atoms with van der Waals surface area (Å²) >= 11 is 0. The van der Waals surface area contributed by atoms with Crippen LogP contribution < -0.4 is 15.4 Å². The number of nitrogens with zero attached hydrogens (tertiary/aromatic N) is 1. The first-order valence-corrected chi connectivity index (χ1v) is 8.96. The van der Waals surface area contributed by atoms with Crippen LogP contribution in [0.4, 0.5) is 15.3 Å². The topological polar surface area (TPSA) is 97.0 Å². The van der Waals surface area contributed by atoms with Crippen molar-refractivity contribution in [1.82, 2.24) is 10.2 Å². The highest BCUT2D eigenvalue weighted by Crippen LogP contribution is 2.18. The Balaban J connectivity index is 1.79. The first kappa shape index (κ1) is 20.5. The molecule has 0 aliphatic carbocycles. The molecule has 1 aliphatic heterocycles. The summed E-state index contributed by atoms with van der Waals surface area (Å²) in [6.45, 7) is 7.88. The molecule has 1 aromatic carbocycles. The van der Waals surface area contributed by atoms with E-state index < -0.39 is 11.6 Å². The molecule has 27 heavy (non-hydrogen) atoms. The maximum absolute atomic E-state index is 12.2. The summed E-state index contributed by atoms with van der Waals surface area (Å²) in [5.41, 5.74) is 0.00428. The number of rotatable bonds is 3. The van der Waals surface area contributed by atoms with E-state index in [9.17, 15) is 14.4 Å². The largest absolute Gasteiger partial charge is 0.444 e. The Kier molecular flexibility index (Phi) is 6.65. The van der Waals surface area contributed by atoms with Gasteiger partial charge in [0, 0.05) is 37.8 Å².